The molecule has 0 atom stereocenters. The van der Waals surface area contributed by atoms with Crippen molar-refractivity contribution in [2.24, 2.45) is 0 Å². The van der Waals surface area contributed by atoms with Crippen LogP contribution in [-0.2, 0) is 4.79 Å². The van der Waals surface area contributed by atoms with Gasteiger partial charge in [-0.25, -0.2) is 0 Å². The highest BCUT2D eigenvalue weighted by molar-refractivity contribution is 7.21. The molecule has 4 N–H and O–H groups in total. The fourth-order valence-corrected chi connectivity index (χ4v) is 2.87. The van der Waals surface area contributed by atoms with Crippen LogP contribution < -0.4 is 16.4 Å². The molecule has 6 nitrogen and oxygen atoms in total. The Labute approximate surface area is 126 Å². The van der Waals surface area contributed by atoms with Crippen molar-refractivity contribution in [3.63, 3.8) is 0 Å². The number of carbonyl (C=O) groups is 2. The molecule has 21 heavy (non-hydrogen) atoms. The number of nitrogens with two attached hydrogens (primary N) is 1. The number of aromatic nitrogens is 1. The van der Waals surface area contributed by atoms with Gasteiger partial charge < -0.3 is 16.4 Å². The third kappa shape index (κ3) is 3.69. The molecule has 0 bridgehead atoms. The maximum absolute atomic E-state index is 12.1. The molecule has 0 aliphatic rings. The minimum Gasteiger partial charge on any atom is -0.397 e. The van der Waals surface area contributed by atoms with Gasteiger partial charge in [-0.05, 0) is 12.5 Å². The van der Waals surface area contributed by atoms with E-state index >= 15 is 0 Å². The number of nitrogens with zero attached hydrogens (tertiary/aromatic N) is 1. The van der Waals surface area contributed by atoms with Gasteiger partial charge in [-0.3, -0.25) is 14.6 Å². The number of fused-ring (bicyclic) bond motifs is 1. The molecule has 2 aromatic heterocycles. The second-order valence-electron chi connectivity index (χ2n) is 4.57. The fourth-order valence-electron chi connectivity index (χ4n) is 1.86. The van der Waals surface area contributed by atoms with Crippen molar-refractivity contribution in [3.8, 4) is 0 Å². The lowest BCUT2D eigenvalue weighted by atomic mass is 10.2. The molecule has 112 valence electrons. The number of nitrogen functional groups attached to an aromatic ring is 1. The summed E-state index contributed by atoms with van der Waals surface area (Å²) in [6.07, 6.45) is 4.49. The number of pyridine rings is 1. The molecule has 0 saturated carbocycles. The topological polar surface area (TPSA) is 97.1 Å². The third-order valence-corrected chi connectivity index (χ3v) is 4.10. The Hall–Kier alpha value is -2.15. The van der Waals surface area contributed by atoms with Crippen LogP contribution in [0.5, 0.6) is 0 Å². The number of rotatable bonds is 6. The molecule has 2 aromatic rings. The molecule has 2 amide bonds. The number of anilines is 1. The predicted octanol–water partition coefficient (Wildman–Crippen LogP) is 1.52. The highest BCUT2D eigenvalue weighted by Gasteiger charge is 2.16. The number of carbonyl (C=O) groups excluding carboxylic acids is 2. The van der Waals surface area contributed by atoms with E-state index in [1.54, 1.807) is 18.5 Å². The first-order valence-corrected chi connectivity index (χ1v) is 7.62. The van der Waals surface area contributed by atoms with Gasteiger partial charge in [-0.1, -0.05) is 6.92 Å². The molecule has 7 heteroatoms. The lowest BCUT2D eigenvalue weighted by Crippen LogP contribution is -2.30. The number of nitrogens with one attached hydrogen (secondary N) is 2. The van der Waals surface area contributed by atoms with Gasteiger partial charge in [-0.2, -0.15) is 0 Å². The summed E-state index contributed by atoms with van der Waals surface area (Å²) < 4.78 is 0.876. The Morgan fingerprint density at radius 2 is 2.14 bits per heavy atom. The number of thiophene rings is 1. The summed E-state index contributed by atoms with van der Waals surface area (Å²) >= 11 is 1.30. The molecule has 0 spiro atoms. The number of hydrogen-bond acceptors (Lipinski definition) is 5. The first kappa shape index (κ1) is 15.2. The normalized spacial score (nSPS) is 10.5. The van der Waals surface area contributed by atoms with Gasteiger partial charge in [0.1, 0.15) is 4.88 Å². The Morgan fingerprint density at radius 1 is 1.33 bits per heavy atom. The van der Waals surface area contributed by atoms with Crippen molar-refractivity contribution in [1.82, 2.24) is 15.6 Å². The van der Waals surface area contributed by atoms with E-state index in [4.69, 9.17) is 5.73 Å². The maximum Gasteiger partial charge on any atom is 0.263 e. The van der Waals surface area contributed by atoms with Gasteiger partial charge in [0.2, 0.25) is 5.91 Å². The first-order valence-electron chi connectivity index (χ1n) is 6.80. The summed E-state index contributed by atoms with van der Waals surface area (Å²) in [6.45, 7) is 2.94. The molecular formula is C14H18N4O2S. The Kier molecular flexibility index (Phi) is 5.10. The van der Waals surface area contributed by atoms with E-state index < -0.39 is 0 Å². The van der Waals surface area contributed by atoms with E-state index in [-0.39, 0.29) is 18.2 Å². The lowest BCUT2D eigenvalue weighted by molar-refractivity contribution is -0.120. The van der Waals surface area contributed by atoms with Crippen molar-refractivity contribution in [2.45, 2.75) is 19.8 Å². The Balaban J connectivity index is 1.93. The molecule has 0 unspecified atom stereocenters. The standard InChI is InChI=1S/C14H18N4O2S/c1-2-5-17-11(19)4-7-18-14(20)13-12(15)9-3-6-16-8-10(9)21-13/h3,6,8H,2,4-5,7,15H2,1H3,(H,17,19)(H,18,20). The summed E-state index contributed by atoms with van der Waals surface area (Å²) in [7, 11) is 0. The van der Waals surface area contributed by atoms with Gasteiger partial charge in [0.05, 0.1) is 10.4 Å². The van der Waals surface area contributed by atoms with Gasteiger partial charge in [0, 0.05) is 37.3 Å². The molecule has 0 aliphatic heterocycles. The van der Waals surface area contributed by atoms with E-state index in [0.717, 1.165) is 16.5 Å². The van der Waals surface area contributed by atoms with E-state index in [1.807, 2.05) is 6.92 Å². The second kappa shape index (κ2) is 7.03. The van der Waals surface area contributed by atoms with Crippen LogP contribution in [0.15, 0.2) is 18.5 Å². The van der Waals surface area contributed by atoms with Crippen LogP contribution in [0.2, 0.25) is 0 Å². The molecule has 0 saturated heterocycles. The highest BCUT2D eigenvalue weighted by Crippen LogP contribution is 2.32. The SMILES string of the molecule is CCCNC(=O)CCNC(=O)c1sc2cnccc2c1N. The molecule has 0 radical (unpaired) electrons. The summed E-state index contributed by atoms with van der Waals surface area (Å²) in [5.41, 5.74) is 6.44. The van der Waals surface area contributed by atoms with Crippen LogP contribution in [0, 0.1) is 0 Å². The minimum absolute atomic E-state index is 0.0642. The number of amides is 2. The molecule has 0 fully saturated rings. The van der Waals surface area contributed by atoms with Crippen LogP contribution >= 0.6 is 11.3 Å². The lowest BCUT2D eigenvalue weighted by Gasteiger charge is -2.05. The average Bonchev–Trinajstić information content (AvgIpc) is 2.83. The first-order chi connectivity index (χ1) is 10.1. The van der Waals surface area contributed by atoms with Crippen LogP contribution in [0.1, 0.15) is 29.4 Å². The van der Waals surface area contributed by atoms with Crippen molar-refractivity contribution in [2.75, 3.05) is 18.8 Å². The Bertz CT molecular complexity index is 653. The summed E-state index contributed by atoms with van der Waals surface area (Å²) in [4.78, 5) is 28.0. The van der Waals surface area contributed by atoms with Gasteiger partial charge in [-0.15, -0.1) is 11.3 Å². The predicted molar refractivity (Wildman–Crippen MR) is 84.3 cm³/mol. The zero-order valence-electron chi connectivity index (χ0n) is 11.8. The molecule has 0 aromatic carbocycles. The van der Waals surface area contributed by atoms with E-state index in [0.29, 0.717) is 23.7 Å². The largest absolute Gasteiger partial charge is 0.397 e. The fraction of sp³-hybridized carbons (Fsp3) is 0.357. The third-order valence-electron chi connectivity index (χ3n) is 2.95. The number of hydrogen-bond donors (Lipinski definition) is 3. The van der Waals surface area contributed by atoms with Gasteiger partial charge >= 0.3 is 0 Å². The van der Waals surface area contributed by atoms with E-state index in [1.165, 1.54) is 11.3 Å². The smallest absolute Gasteiger partial charge is 0.263 e. The average molecular weight is 306 g/mol. The quantitative estimate of drug-likeness (QED) is 0.754. The highest BCUT2D eigenvalue weighted by atomic mass is 32.1. The van der Waals surface area contributed by atoms with Crippen molar-refractivity contribution in [1.29, 1.82) is 0 Å². The van der Waals surface area contributed by atoms with E-state index in [2.05, 4.69) is 15.6 Å². The molecule has 2 rings (SSSR count). The zero-order chi connectivity index (χ0) is 15.2. The van der Waals surface area contributed by atoms with Gasteiger partial charge in [0.15, 0.2) is 0 Å². The van der Waals surface area contributed by atoms with Gasteiger partial charge in [0.25, 0.3) is 5.91 Å². The Morgan fingerprint density at radius 3 is 2.86 bits per heavy atom. The monoisotopic (exact) mass is 306 g/mol. The summed E-state index contributed by atoms with van der Waals surface area (Å²) in [5.74, 6) is -0.317. The van der Waals surface area contributed by atoms with Crippen molar-refractivity contribution >= 4 is 38.9 Å². The van der Waals surface area contributed by atoms with E-state index in [9.17, 15) is 9.59 Å². The van der Waals surface area contributed by atoms with Crippen LogP contribution in [0.4, 0.5) is 5.69 Å². The zero-order valence-corrected chi connectivity index (χ0v) is 12.6. The summed E-state index contributed by atoms with van der Waals surface area (Å²) in [6, 6.07) is 1.79. The second-order valence-corrected chi connectivity index (χ2v) is 5.62. The van der Waals surface area contributed by atoms with Crippen LogP contribution in [0.3, 0.4) is 0 Å². The van der Waals surface area contributed by atoms with Crippen LogP contribution in [0.25, 0.3) is 10.1 Å². The van der Waals surface area contributed by atoms with Crippen LogP contribution in [-0.4, -0.2) is 29.9 Å². The minimum atomic E-state index is -0.253. The molecule has 2 heterocycles. The van der Waals surface area contributed by atoms with Crippen molar-refractivity contribution < 1.29 is 9.59 Å². The van der Waals surface area contributed by atoms with Crippen molar-refractivity contribution in [3.05, 3.63) is 23.3 Å². The summed E-state index contributed by atoms with van der Waals surface area (Å²) in [5, 5.41) is 6.31. The molecule has 0 aliphatic carbocycles. The molecular weight excluding hydrogens is 288 g/mol. The maximum atomic E-state index is 12.1.